The lowest BCUT2D eigenvalue weighted by Crippen LogP contribution is -1.99. The highest BCUT2D eigenvalue weighted by Gasteiger charge is 1.96. The van der Waals surface area contributed by atoms with Crippen LogP contribution in [0.5, 0.6) is 0 Å². The van der Waals surface area contributed by atoms with Crippen molar-refractivity contribution in [2.45, 2.75) is 11.8 Å². The molecule has 1 nitrogen and oxygen atoms in total. The van der Waals surface area contributed by atoms with Gasteiger partial charge in [0.05, 0.1) is 13.2 Å². The number of halogens is 1. The van der Waals surface area contributed by atoms with Crippen LogP contribution in [0.4, 0.5) is 0 Å². The lowest BCUT2D eigenvalue weighted by molar-refractivity contribution is 0.166. The molecule has 0 unspecified atom stereocenters. The Balaban J connectivity index is 2.21. The molecule has 0 atom stereocenters. The molecule has 0 N–H and O–H groups in total. The monoisotopic (exact) mass is 230 g/mol. The molecule has 1 aromatic rings. The molecule has 0 saturated heterocycles. The van der Waals surface area contributed by atoms with Gasteiger partial charge in [0, 0.05) is 16.5 Å². The van der Waals surface area contributed by atoms with Crippen molar-refractivity contribution in [3.05, 3.63) is 29.8 Å². The average molecular weight is 231 g/mol. The molecule has 0 fully saturated rings. The summed E-state index contributed by atoms with van der Waals surface area (Å²) < 4.78 is 5.29. The summed E-state index contributed by atoms with van der Waals surface area (Å²) >= 11 is 7.32. The van der Waals surface area contributed by atoms with Crippen molar-refractivity contribution in [1.82, 2.24) is 0 Å². The van der Waals surface area contributed by atoms with E-state index in [2.05, 4.69) is 31.2 Å². The second kappa shape index (κ2) is 7.16. The van der Waals surface area contributed by atoms with Crippen LogP contribution < -0.4 is 0 Å². The summed E-state index contributed by atoms with van der Waals surface area (Å²) in [5.41, 5.74) is 1.33. The van der Waals surface area contributed by atoms with Crippen LogP contribution in [0.1, 0.15) is 5.56 Å². The summed E-state index contributed by atoms with van der Waals surface area (Å²) in [6.07, 6.45) is 0. The quantitative estimate of drug-likeness (QED) is 0.421. The number of rotatable bonds is 6. The first kappa shape index (κ1) is 11.9. The predicted octanol–water partition coefficient (Wildman–Crippen LogP) is 3.34. The Morgan fingerprint density at radius 3 is 2.79 bits per heavy atom. The van der Waals surface area contributed by atoms with Gasteiger partial charge in [0.1, 0.15) is 0 Å². The third kappa shape index (κ3) is 4.36. The Kier molecular flexibility index (Phi) is 6.08. The number of thioether (sulfide) groups is 1. The summed E-state index contributed by atoms with van der Waals surface area (Å²) in [6, 6.07) is 8.39. The summed E-state index contributed by atoms with van der Waals surface area (Å²) in [5.74, 6) is 1.57. The molecule has 0 heterocycles. The first-order valence-electron chi connectivity index (χ1n) is 4.66. The van der Waals surface area contributed by atoms with E-state index in [9.17, 15) is 0 Å². The number of ether oxygens (including phenoxy) is 1. The molecule has 0 bridgehead atoms. The topological polar surface area (TPSA) is 9.23 Å². The fraction of sp³-hybridized carbons (Fsp3) is 0.455. The largest absolute Gasteiger partial charge is 0.379 e. The molecule has 0 saturated carbocycles. The van der Waals surface area contributed by atoms with Gasteiger partial charge < -0.3 is 4.74 Å². The Bertz CT molecular complexity index is 265. The zero-order valence-electron chi connectivity index (χ0n) is 8.33. The third-order valence-electron chi connectivity index (χ3n) is 1.80. The van der Waals surface area contributed by atoms with E-state index in [1.54, 1.807) is 0 Å². The minimum atomic E-state index is 0.578. The summed E-state index contributed by atoms with van der Waals surface area (Å²) in [7, 11) is 0. The molecule has 1 aromatic carbocycles. The number of hydrogen-bond acceptors (Lipinski definition) is 2. The standard InChI is InChI=1S/C11H15ClOS/c1-10-4-2-3-5-11(10)14-9-8-13-7-6-12/h2-5H,6-9H2,1H3. The Morgan fingerprint density at radius 1 is 1.29 bits per heavy atom. The zero-order valence-corrected chi connectivity index (χ0v) is 9.90. The molecule has 14 heavy (non-hydrogen) atoms. The molecule has 0 aliphatic rings. The van der Waals surface area contributed by atoms with E-state index in [1.807, 2.05) is 11.8 Å². The third-order valence-corrected chi connectivity index (χ3v) is 3.09. The fourth-order valence-electron chi connectivity index (χ4n) is 1.09. The highest BCUT2D eigenvalue weighted by molar-refractivity contribution is 7.99. The van der Waals surface area contributed by atoms with Gasteiger partial charge in [-0.15, -0.1) is 23.4 Å². The first-order chi connectivity index (χ1) is 6.84. The molecular formula is C11H15ClOS. The first-order valence-corrected chi connectivity index (χ1v) is 6.18. The van der Waals surface area contributed by atoms with Gasteiger partial charge in [0.15, 0.2) is 0 Å². The van der Waals surface area contributed by atoms with Gasteiger partial charge in [-0.3, -0.25) is 0 Å². The van der Waals surface area contributed by atoms with Crippen molar-refractivity contribution < 1.29 is 4.74 Å². The summed E-state index contributed by atoms with van der Waals surface area (Å²) in [4.78, 5) is 1.34. The molecule has 1 rings (SSSR count). The normalized spacial score (nSPS) is 10.4. The fourth-order valence-corrected chi connectivity index (χ4v) is 2.09. The van der Waals surface area contributed by atoms with Crippen molar-refractivity contribution in [3.8, 4) is 0 Å². The second-order valence-electron chi connectivity index (χ2n) is 2.92. The second-order valence-corrected chi connectivity index (χ2v) is 4.43. The van der Waals surface area contributed by atoms with Crippen LogP contribution >= 0.6 is 23.4 Å². The molecular weight excluding hydrogens is 216 g/mol. The van der Waals surface area contributed by atoms with Gasteiger partial charge in [-0.2, -0.15) is 0 Å². The van der Waals surface area contributed by atoms with Gasteiger partial charge in [-0.05, 0) is 18.6 Å². The van der Waals surface area contributed by atoms with E-state index >= 15 is 0 Å². The molecule has 78 valence electrons. The Hall–Kier alpha value is -0.180. The predicted molar refractivity (Wildman–Crippen MR) is 63.4 cm³/mol. The van der Waals surface area contributed by atoms with Crippen LogP contribution in [0, 0.1) is 6.92 Å². The summed E-state index contributed by atoms with van der Waals surface area (Å²) in [5, 5.41) is 0. The van der Waals surface area contributed by atoms with Gasteiger partial charge >= 0.3 is 0 Å². The minimum absolute atomic E-state index is 0.578. The molecule has 0 radical (unpaired) electrons. The maximum atomic E-state index is 5.49. The molecule has 3 heteroatoms. The van der Waals surface area contributed by atoms with Crippen molar-refractivity contribution in [1.29, 1.82) is 0 Å². The van der Waals surface area contributed by atoms with E-state index in [-0.39, 0.29) is 0 Å². The van der Waals surface area contributed by atoms with Crippen molar-refractivity contribution in [3.63, 3.8) is 0 Å². The number of alkyl halides is 1. The number of aryl methyl sites for hydroxylation is 1. The van der Waals surface area contributed by atoms with E-state index in [0.717, 1.165) is 12.4 Å². The molecule has 0 amide bonds. The summed E-state index contributed by atoms with van der Waals surface area (Å²) in [6.45, 7) is 3.55. The Morgan fingerprint density at radius 2 is 2.07 bits per heavy atom. The van der Waals surface area contributed by atoms with Crippen molar-refractivity contribution >= 4 is 23.4 Å². The number of benzene rings is 1. The minimum Gasteiger partial charge on any atom is -0.379 e. The zero-order chi connectivity index (χ0) is 10.2. The van der Waals surface area contributed by atoms with Crippen LogP contribution in [-0.2, 0) is 4.74 Å². The van der Waals surface area contributed by atoms with E-state index in [0.29, 0.717) is 12.5 Å². The van der Waals surface area contributed by atoms with Crippen molar-refractivity contribution in [2.75, 3.05) is 24.8 Å². The molecule has 0 aliphatic heterocycles. The van der Waals surface area contributed by atoms with Crippen LogP contribution in [0.15, 0.2) is 29.2 Å². The van der Waals surface area contributed by atoms with Crippen molar-refractivity contribution in [2.24, 2.45) is 0 Å². The van der Waals surface area contributed by atoms with E-state index < -0.39 is 0 Å². The SMILES string of the molecule is Cc1ccccc1SCCOCCCl. The number of hydrogen-bond donors (Lipinski definition) is 0. The lowest BCUT2D eigenvalue weighted by atomic mass is 10.2. The van der Waals surface area contributed by atoms with Gasteiger partial charge in [0.25, 0.3) is 0 Å². The molecule has 0 aromatic heterocycles. The van der Waals surface area contributed by atoms with Gasteiger partial charge in [-0.1, -0.05) is 18.2 Å². The maximum absolute atomic E-state index is 5.49. The smallest absolute Gasteiger partial charge is 0.0602 e. The van der Waals surface area contributed by atoms with Crippen LogP contribution in [0.3, 0.4) is 0 Å². The van der Waals surface area contributed by atoms with Crippen LogP contribution in [0.25, 0.3) is 0 Å². The maximum Gasteiger partial charge on any atom is 0.0602 e. The lowest BCUT2D eigenvalue weighted by Gasteiger charge is -2.05. The van der Waals surface area contributed by atoms with E-state index in [1.165, 1.54) is 10.5 Å². The van der Waals surface area contributed by atoms with E-state index in [4.69, 9.17) is 16.3 Å². The van der Waals surface area contributed by atoms with Crippen LogP contribution in [-0.4, -0.2) is 24.8 Å². The molecule has 0 aliphatic carbocycles. The molecule has 0 spiro atoms. The highest BCUT2D eigenvalue weighted by Crippen LogP contribution is 2.21. The van der Waals surface area contributed by atoms with Crippen LogP contribution in [0.2, 0.25) is 0 Å². The average Bonchev–Trinajstić information content (AvgIpc) is 2.20. The van der Waals surface area contributed by atoms with Gasteiger partial charge in [-0.25, -0.2) is 0 Å². The van der Waals surface area contributed by atoms with Gasteiger partial charge in [0.2, 0.25) is 0 Å². The highest BCUT2D eigenvalue weighted by atomic mass is 35.5. The Labute approximate surface area is 94.8 Å².